The van der Waals surface area contributed by atoms with Crippen molar-refractivity contribution in [2.75, 3.05) is 26.7 Å². The first-order chi connectivity index (χ1) is 9.81. The van der Waals surface area contributed by atoms with Gasteiger partial charge in [-0.15, -0.1) is 0 Å². The van der Waals surface area contributed by atoms with E-state index in [1.807, 2.05) is 20.8 Å². The number of hydrogen-bond acceptors (Lipinski definition) is 3. The average molecular weight is 298 g/mol. The summed E-state index contributed by atoms with van der Waals surface area (Å²) in [5, 5.41) is 9.23. The van der Waals surface area contributed by atoms with Crippen LogP contribution in [-0.4, -0.2) is 59.4 Å². The lowest BCUT2D eigenvalue weighted by Gasteiger charge is -2.26. The summed E-state index contributed by atoms with van der Waals surface area (Å²) in [6, 6.07) is 0. The number of carboxylic acid groups (broad SMARTS) is 1. The van der Waals surface area contributed by atoms with Crippen LogP contribution in [0.2, 0.25) is 0 Å². The molecule has 0 saturated heterocycles. The number of carbonyl (C=O) groups excluding carboxylic acids is 2. The van der Waals surface area contributed by atoms with E-state index in [2.05, 4.69) is 0 Å². The van der Waals surface area contributed by atoms with Gasteiger partial charge in [0.05, 0.1) is 18.4 Å². The topological polar surface area (TPSA) is 77.9 Å². The van der Waals surface area contributed by atoms with Crippen molar-refractivity contribution < 1.29 is 19.5 Å². The number of carbonyl (C=O) groups is 3. The molecule has 3 unspecified atom stereocenters. The Bertz CT molecular complexity index is 406. The summed E-state index contributed by atoms with van der Waals surface area (Å²) in [4.78, 5) is 38.8. The second kappa shape index (κ2) is 7.43. The van der Waals surface area contributed by atoms with Crippen LogP contribution in [0, 0.1) is 17.8 Å². The van der Waals surface area contributed by atoms with Gasteiger partial charge in [0, 0.05) is 20.1 Å². The molecule has 21 heavy (non-hydrogen) atoms. The van der Waals surface area contributed by atoms with Gasteiger partial charge < -0.3 is 14.9 Å². The molecule has 1 aliphatic rings. The van der Waals surface area contributed by atoms with E-state index in [9.17, 15) is 19.5 Å². The fraction of sp³-hybridized carbons (Fsp3) is 0.800. The Kier molecular flexibility index (Phi) is 6.18. The van der Waals surface area contributed by atoms with E-state index in [0.717, 1.165) is 0 Å². The fourth-order valence-corrected chi connectivity index (χ4v) is 3.08. The molecule has 1 fully saturated rings. The molecule has 0 aliphatic heterocycles. The number of amides is 2. The van der Waals surface area contributed by atoms with Crippen molar-refractivity contribution >= 4 is 17.8 Å². The first-order valence-electron chi connectivity index (χ1n) is 7.57. The van der Waals surface area contributed by atoms with Crippen LogP contribution < -0.4 is 0 Å². The second-order valence-electron chi connectivity index (χ2n) is 5.89. The molecule has 0 radical (unpaired) electrons. The Labute approximate surface area is 126 Å². The molecule has 0 spiro atoms. The third kappa shape index (κ3) is 4.19. The number of nitrogens with zero attached hydrogens (tertiary/aromatic N) is 2. The van der Waals surface area contributed by atoms with Crippen LogP contribution in [0.5, 0.6) is 0 Å². The van der Waals surface area contributed by atoms with Crippen molar-refractivity contribution in [2.24, 2.45) is 17.8 Å². The molecule has 0 bridgehead atoms. The Morgan fingerprint density at radius 3 is 2.10 bits per heavy atom. The van der Waals surface area contributed by atoms with Gasteiger partial charge in [-0.3, -0.25) is 14.4 Å². The van der Waals surface area contributed by atoms with Gasteiger partial charge in [0.25, 0.3) is 0 Å². The van der Waals surface area contributed by atoms with Crippen LogP contribution in [0.25, 0.3) is 0 Å². The standard InChI is InChI=1S/C15H26N2O4/c1-5-17(6-2)13(18)9-16(4)14(19)11-7-10(3)8-12(11)15(20)21/h10-12H,5-9H2,1-4H3,(H,20,21). The zero-order valence-corrected chi connectivity index (χ0v) is 13.3. The molecule has 1 N–H and O–H groups in total. The van der Waals surface area contributed by atoms with Crippen LogP contribution in [-0.2, 0) is 14.4 Å². The van der Waals surface area contributed by atoms with E-state index in [1.54, 1.807) is 11.9 Å². The van der Waals surface area contributed by atoms with E-state index in [4.69, 9.17) is 0 Å². The van der Waals surface area contributed by atoms with Crippen molar-refractivity contribution in [3.05, 3.63) is 0 Å². The summed E-state index contributed by atoms with van der Waals surface area (Å²) in [5.74, 6) is -2.15. The minimum atomic E-state index is -0.916. The lowest BCUT2D eigenvalue weighted by atomic mass is 9.95. The smallest absolute Gasteiger partial charge is 0.307 e. The van der Waals surface area contributed by atoms with Crippen molar-refractivity contribution in [3.8, 4) is 0 Å². The second-order valence-corrected chi connectivity index (χ2v) is 5.89. The highest BCUT2D eigenvalue weighted by Gasteiger charge is 2.42. The summed E-state index contributed by atoms with van der Waals surface area (Å²) >= 11 is 0. The number of rotatable bonds is 6. The van der Waals surface area contributed by atoms with Crippen molar-refractivity contribution in [1.29, 1.82) is 0 Å². The van der Waals surface area contributed by atoms with E-state index in [0.29, 0.717) is 25.9 Å². The lowest BCUT2D eigenvalue weighted by Crippen LogP contribution is -2.44. The predicted molar refractivity (Wildman–Crippen MR) is 78.6 cm³/mol. The summed E-state index contributed by atoms with van der Waals surface area (Å²) in [6.07, 6.45) is 1.11. The summed E-state index contributed by atoms with van der Waals surface area (Å²) in [7, 11) is 1.58. The molecule has 1 aliphatic carbocycles. The zero-order valence-electron chi connectivity index (χ0n) is 13.3. The first-order valence-corrected chi connectivity index (χ1v) is 7.57. The molecule has 0 aromatic rings. The van der Waals surface area contributed by atoms with Crippen LogP contribution in [0.3, 0.4) is 0 Å². The maximum Gasteiger partial charge on any atom is 0.307 e. The fourth-order valence-electron chi connectivity index (χ4n) is 3.08. The van der Waals surface area contributed by atoms with Gasteiger partial charge in [0.1, 0.15) is 0 Å². The van der Waals surface area contributed by atoms with Crippen molar-refractivity contribution in [2.45, 2.75) is 33.6 Å². The highest BCUT2D eigenvalue weighted by Crippen LogP contribution is 2.37. The zero-order chi connectivity index (χ0) is 16.2. The van der Waals surface area contributed by atoms with E-state index < -0.39 is 17.8 Å². The molecule has 0 heterocycles. The molecule has 6 heteroatoms. The minimum Gasteiger partial charge on any atom is -0.481 e. The van der Waals surface area contributed by atoms with E-state index in [1.165, 1.54) is 4.90 Å². The molecule has 0 aromatic heterocycles. The molecule has 1 saturated carbocycles. The molecule has 3 atom stereocenters. The Balaban J connectivity index is 2.69. The van der Waals surface area contributed by atoms with Gasteiger partial charge in [-0.25, -0.2) is 0 Å². The molecule has 6 nitrogen and oxygen atoms in total. The van der Waals surface area contributed by atoms with Gasteiger partial charge in [-0.1, -0.05) is 6.92 Å². The quantitative estimate of drug-likeness (QED) is 0.795. The summed E-state index contributed by atoms with van der Waals surface area (Å²) in [6.45, 7) is 6.97. The maximum atomic E-state index is 12.4. The number of likely N-dealkylation sites (N-methyl/N-ethyl adjacent to an activating group) is 2. The van der Waals surface area contributed by atoms with Gasteiger partial charge in [-0.05, 0) is 32.6 Å². The lowest BCUT2D eigenvalue weighted by molar-refractivity contribution is -0.149. The monoisotopic (exact) mass is 298 g/mol. The van der Waals surface area contributed by atoms with Crippen LogP contribution in [0.15, 0.2) is 0 Å². The third-order valence-corrected chi connectivity index (χ3v) is 4.30. The molecular weight excluding hydrogens is 272 g/mol. The highest BCUT2D eigenvalue weighted by atomic mass is 16.4. The maximum absolute atomic E-state index is 12.4. The van der Waals surface area contributed by atoms with Crippen LogP contribution in [0.1, 0.15) is 33.6 Å². The van der Waals surface area contributed by atoms with Crippen LogP contribution >= 0.6 is 0 Å². The molecule has 120 valence electrons. The summed E-state index contributed by atoms with van der Waals surface area (Å²) < 4.78 is 0. The summed E-state index contributed by atoms with van der Waals surface area (Å²) in [5.41, 5.74) is 0. The van der Waals surface area contributed by atoms with Gasteiger partial charge in [0.2, 0.25) is 11.8 Å². The largest absolute Gasteiger partial charge is 0.481 e. The Morgan fingerprint density at radius 2 is 1.62 bits per heavy atom. The van der Waals surface area contributed by atoms with E-state index >= 15 is 0 Å². The highest BCUT2D eigenvalue weighted by molar-refractivity contribution is 5.88. The molecule has 2 amide bonds. The van der Waals surface area contributed by atoms with Crippen LogP contribution in [0.4, 0.5) is 0 Å². The number of hydrogen-bond donors (Lipinski definition) is 1. The first kappa shape index (κ1) is 17.5. The van der Waals surface area contributed by atoms with Crippen molar-refractivity contribution in [1.82, 2.24) is 9.80 Å². The minimum absolute atomic E-state index is 0.0116. The Morgan fingerprint density at radius 1 is 1.10 bits per heavy atom. The van der Waals surface area contributed by atoms with E-state index in [-0.39, 0.29) is 24.3 Å². The number of aliphatic carboxylic acids is 1. The van der Waals surface area contributed by atoms with Gasteiger partial charge in [-0.2, -0.15) is 0 Å². The molecule has 1 rings (SSSR count). The molecule has 0 aromatic carbocycles. The predicted octanol–water partition coefficient (Wildman–Crippen LogP) is 1.06. The van der Waals surface area contributed by atoms with Gasteiger partial charge >= 0.3 is 5.97 Å². The van der Waals surface area contributed by atoms with Gasteiger partial charge in [0.15, 0.2) is 0 Å². The number of carboxylic acids is 1. The normalized spacial score (nSPS) is 24.7. The molecular formula is C15H26N2O4. The SMILES string of the molecule is CCN(CC)C(=O)CN(C)C(=O)C1CC(C)CC1C(=O)O. The third-order valence-electron chi connectivity index (χ3n) is 4.30. The Hall–Kier alpha value is -1.59. The average Bonchev–Trinajstić information content (AvgIpc) is 2.81. The van der Waals surface area contributed by atoms with Crippen molar-refractivity contribution in [3.63, 3.8) is 0 Å².